The van der Waals surface area contributed by atoms with Crippen molar-refractivity contribution in [3.05, 3.63) is 103 Å². The molecule has 0 aliphatic heterocycles. The van der Waals surface area contributed by atoms with Crippen LogP contribution >= 0.6 is 0 Å². The maximum atomic E-state index is 12.4. The molecule has 0 saturated carbocycles. The zero-order valence-corrected chi connectivity index (χ0v) is 17.8. The molecule has 2 aromatic heterocycles. The molecule has 0 unspecified atom stereocenters. The lowest BCUT2D eigenvalue weighted by molar-refractivity contribution is 0.0664. The van der Waals surface area contributed by atoms with Crippen molar-refractivity contribution >= 4 is 17.1 Å². The highest BCUT2D eigenvalue weighted by molar-refractivity contribution is 6.06. The molecule has 7 heteroatoms. The number of carbonyl (C=O) groups excluding carboxylic acids is 1. The van der Waals surface area contributed by atoms with Gasteiger partial charge in [-0.1, -0.05) is 72.8 Å². The minimum atomic E-state index is -0.527. The molecule has 0 fully saturated rings. The molecule has 5 aromatic rings. The average molecular weight is 435 g/mol. The van der Waals surface area contributed by atoms with Gasteiger partial charge in [0.1, 0.15) is 24.3 Å². The summed E-state index contributed by atoms with van der Waals surface area (Å²) >= 11 is 0. The molecule has 7 nitrogen and oxygen atoms in total. The number of nitrogens with two attached hydrogens (primary N) is 1. The van der Waals surface area contributed by atoms with Crippen molar-refractivity contribution in [3.63, 3.8) is 0 Å². The number of carbonyl (C=O) groups is 1. The van der Waals surface area contributed by atoms with E-state index in [1.165, 1.54) is 6.33 Å². The number of fused-ring (bicyclic) bond motifs is 1. The second-order valence-electron chi connectivity index (χ2n) is 7.53. The van der Waals surface area contributed by atoms with Crippen molar-refractivity contribution in [3.8, 4) is 22.4 Å². The second kappa shape index (κ2) is 9.02. The van der Waals surface area contributed by atoms with E-state index >= 15 is 0 Å². The van der Waals surface area contributed by atoms with E-state index < -0.39 is 5.91 Å². The van der Waals surface area contributed by atoms with Crippen LogP contribution in [0, 0.1) is 0 Å². The number of amides is 1. The number of ether oxygens (including phenoxy) is 1. The van der Waals surface area contributed by atoms with Crippen LogP contribution in [0.5, 0.6) is 0 Å². The van der Waals surface area contributed by atoms with Crippen molar-refractivity contribution in [1.29, 1.82) is 0 Å². The van der Waals surface area contributed by atoms with Gasteiger partial charge in [-0.15, -0.1) is 0 Å². The van der Waals surface area contributed by atoms with Gasteiger partial charge in [-0.25, -0.2) is 15.0 Å². The third kappa shape index (κ3) is 4.09. The van der Waals surface area contributed by atoms with E-state index in [-0.39, 0.29) is 6.73 Å². The van der Waals surface area contributed by atoms with E-state index in [2.05, 4.69) is 15.0 Å². The smallest absolute Gasteiger partial charge is 0.249 e. The van der Waals surface area contributed by atoms with Gasteiger partial charge in [0, 0.05) is 11.1 Å². The van der Waals surface area contributed by atoms with Crippen LogP contribution in [-0.4, -0.2) is 25.4 Å². The SMILES string of the molecule is NC(=O)c1cccc(-c2ccccc2)c1-c1ncnc2ncn(COCc3ccccc3)c12. The van der Waals surface area contributed by atoms with Crippen molar-refractivity contribution in [1.82, 2.24) is 19.5 Å². The molecule has 0 saturated heterocycles. The van der Waals surface area contributed by atoms with Gasteiger partial charge in [-0.05, 0) is 22.8 Å². The number of imidazole rings is 1. The number of hydrogen-bond acceptors (Lipinski definition) is 5. The van der Waals surface area contributed by atoms with Crippen LogP contribution in [-0.2, 0) is 18.1 Å². The van der Waals surface area contributed by atoms with Crippen molar-refractivity contribution < 1.29 is 9.53 Å². The Balaban J connectivity index is 1.62. The summed E-state index contributed by atoms with van der Waals surface area (Å²) in [5, 5.41) is 0. The maximum Gasteiger partial charge on any atom is 0.249 e. The first-order chi connectivity index (χ1) is 16.2. The van der Waals surface area contributed by atoms with Gasteiger partial charge < -0.3 is 15.0 Å². The van der Waals surface area contributed by atoms with Gasteiger partial charge in [0.2, 0.25) is 5.91 Å². The molecule has 0 aliphatic carbocycles. The molecule has 33 heavy (non-hydrogen) atoms. The first-order valence-corrected chi connectivity index (χ1v) is 10.5. The Kier molecular flexibility index (Phi) is 5.61. The molecule has 1 amide bonds. The molecule has 0 radical (unpaired) electrons. The fourth-order valence-corrected chi connectivity index (χ4v) is 3.90. The zero-order chi connectivity index (χ0) is 22.6. The average Bonchev–Trinajstić information content (AvgIpc) is 3.28. The third-order valence-corrected chi connectivity index (χ3v) is 5.40. The Labute approximate surface area is 190 Å². The number of benzene rings is 3. The maximum absolute atomic E-state index is 12.4. The molecule has 0 aliphatic rings. The topological polar surface area (TPSA) is 95.9 Å². The van der Waals surface area contributed by atoms with E-state index in [1.54, 1.807) is 12.4 Å². The van der Waals surface area contributed by atoms with E-state index in [1.807, 2.05) is 77.4 Å². The van der Waals surface area contributed by atoms with Crippen LogP contribution in [0.1, 0.15) is 15.9 Å². The standard InChI is InChI=1S/C26H21N5O2/c27-25(32)21-13-7-12-20(19-10-5-2-6-11-19)22(21)23-24-26(29-15-28-23)30-16-31(24)17-33-14-18-8-3-1-4-9-18/h1-13,15-16H,14,17H2,(H2,27,32). The van der Waals surface area contributed by atoms with Crippen LogP contribution in [0.25, 0.3) is 33.5 Å². The van der Waals surface area contributed by atoms with Gasteiger partial charge >= 0.3 is 0 Å². The van der Waals surface area contributed by atoms with Gasteiger partial charge in [0.25, 0.3) is 0 Å². The Morgan fingerprint density at radius 3 is 2.39 bits per heavy atom. The fourth-order valence-electron chi connectivity index (χ4n) is 3.90. The Bertz CT molecular complexity index is 1420. The summed E-state index contributed by atoms with van der Waals surface area (Å²) < 4.78 is 7.78. The Morgan fingerprint density at radius 2 is 1.64 bits per heavy atom. The van der Waals surface area contributed by atoms with E-state index in [0.29, 0.717) is 34.6 Å². The summed E-state index contributed by atoms with van der Waals surface area (Å²) in [6.45, 7) is 0.710. The monoisotopic (exact) mass is 435 g/mol. The minimum Gasteiger partial charge on any atom is -0.366 e. The molecule has 2 heterocycles. The van der Waals surface area contributed by atoms with Gasteiger partial charge in [0.05, 0.1) is 12.9 Å². The van der Waals surface area contributed by atoms with Crippen LogP contribution in [0.4, 0.5) is 0 Å². The van der Waals surface area contributed by atoms with Gasteiger partial charge in [-0.3, -0.25) is 4.79 Å². The number of rotatable bonds is 7. The van der Waals surface area contributed by atoms with Gasteiger partial charge in [-0.2, -0.15) is 0 Å². The Hall–Kier alpha value is -4.36. The predicted octanol–water partition coefficient (Wildman–Crippen LogP) is 4.43. The molecule has 0 atom stereocenters. The van der Waals surface area contributed by atoms with Crippen molar-refractivity contribution in [2.45, 2.75) is 13.3 Å². The summed E-state index contributed by atoms with van der Waals surface area (Å²) in [4.78, 5) is 25.7. The Morgan fingerprint density at radius 1 is 0.879 bits per heavy atom. The first kappa shape index (κ1) is 20.5. The molecule has 5 rings (SSSR count). The lowest BCUT2D eigenvalue weighted by Gasteiger charge is -2.15. The summed E-state index contributed by atoms with van der Waals surface area (Å²) in [6, 6.07) is 25.3. The van der Waals surface area contributed by atoms with E-state index in [9.17, 15) is 4.79 Å². The summed E-state index contributed by atoms with van der Waals surface area (Å²) in [6.07, 6.45) is 3.12. The van der Waals surface area contributed by atoms with Crippen molar-refractivity contribution in [2.75, 3.05) is 0 Å². The minimum absolute atomic E-state index is 0.255. The summed E-state index contributed by atoms with van der Waals surface area (Å²) in [5.74, 6) is -0.527. The quantitative estimate of drug-likeness (QED) is 0.408. The molecule has 0 bridgehead atoms. The predicted molar refractivity (Wildman–Crippen MR) is 126 cm³/mol. The van der Waals surface area contributed by atoms with Crippen LogP contribution in [0.2, 0.25) is 0 Å². The highest BCUT2D eigenvalue weighted by atomic mass is 16.5. The van der Waals surface area contributed by atoms with Gasteiger partial charge in [0.15, 0.2) is 5.65 Å². The molecule has 2 N–H and O–H groups in total. The second-order valence-corrected chi connectivity index (χ2v) is 7.53. The van der Waals surface area contributed by atoms with Crippen LogP contribution in [0.3, 0.4) is 0 Å². The largest absolute Gasteiger partial charge is 0.366 e. The molecule has 162 valence electrons. The zero-order valence-electron chi connectivity index (χ0n) is 17.8. The van der Waals surface area contributed by atoms with E-state index in [0.717, 1.165) is 16.7 Å². The fraction of sp³-hybridized carbons (Fsp3) is 0.0769. The first-order valence-electron chi connectivity index (χ1n) is 10.5. The molecular weight excluding hydrogens is 414 g/mol. The molecule has 0 spiro atoms. The lowest BCUT2D eigenvalue weighted by atomic mass is 9.92. The summed E-state index contributed by atoms with van der Waals surface area (Å²) in [7, 11) is 0. The van der Waals surface area contributed by atoms with Crippen molar-refractivity contribution in [2.24, 2.45) is 5.73 Å². The number of nitrogens with zero attached hydrogens (tertiary/aromatic N) is 4. The highest BCUT2D eigenvalue weighted by Crippen LogP contribution is 2.36. The van der Waals surface area contributed by atoms with Crippen LogP contribution < -0.4 is 5.73 Å². The summed E-state index contributed by atoms with van der Waals surface area (Å²) in [5.41, 5.74) is 11.4. The number of primary amides is 1. The lowest BCUT2D eigenvalue weighted by Crippen LogP contribution is -2.14. The normalized spacial score (nSPS) is 11.0. The molecule has 3 aromatic carbocycles. The molecular formula is C26H21N5O2. The number of hydrogen-bond donors (Lipinski definition) is 1. The number of aromatic nitrogens is 4. The third-order valence-electron chi connectivity index (χ3n) is 5.40. The van der Waals surface area contributed by atoms with E-state index in [4.69, 9.17) is 10.5 Å². The highest BCUT2D eigenvalue weighted by Gasteiger charge is 2.21. The van der Waals surface area contributed by atoms with Crippen LogP contribution in [0.15, 0.2) is 91.5 Å².